The minimum Gasteiger partial charge on any atom is -0.433 e. The van der Waals surface area contributed by atoms with Crippen LogP contribution in [0.4, 0.5) is 14.5 Å². The molecule has 0 bridgehead atoms. The number of carbonyl (C=O) groups is 1. The van der Waals surface area contributed by atoms with Crippen molar-refractivity contribution in [2.75, 3.05) is 5.32 Å². The quantitative estimate of drug-likeness (QED) is 0.911. The Bertz CT molecular complexity index is 631. The number of H-pyrrole nitrogens is 1. The number of aromatic nitrogens is 2. The predicted molar refractivity (Wildman–Crippen MR) is 69.4 cm³/mol. The molecule has 0 fully saturated rings. The van der Waals surface area contributed by atoms with Crippen LogP contribution in [0.3, 0.4) is 0 Å². The van der Waals surface area contributed by atoms with Crippen LogP contribution in [0, 0.1) is 6.92 Å². The van der Waals surface area contributed by atoms with Gasteiger partial charge in [-0.3, -0.25) is 9.89 Å². The maximum absolute atomic E-state index is 12.1. The molecule has 0 spiro atoms. The van der Waals surface area contributed by atoms with Crippen LogP contribution in [0.1, 0.15) is 16.1 Å². The summed E-state index contributed by atoms with van der Waals surface area (Å²) in [5.41, 5.74) is 1.36. The normalized spacial score (nSPS) is 10.7. The van der Waals surface area contributed by atoms with Crippen LogP contribution in [0.5, 0.6) is 5.75 Å². The number of carbonyl (C=O) groups excluding carboxylic acids is 1. The van der Waals surface area contributed by atoms with E-state index in [1.807, 2.05) is 0 Å². The van der Waals surface area contributed by atoms with Gasteiger partial charge in [-0.05, 0) is 25.1 Å². The molecule has 0 radical (unpaired) electrons. The summed E-state index contributed by atoms with van der Waals surface area (Å²) in [6, 6.07) is 4.00. The fourth-order valence-corrected chi connectivity index (χ4v) is 1.77. The number of hydrogen-bond donors (Lipinski definition) is 2. The molecule has 0 aliphatic heterocycles. The van der Waals surface area contributed by atoms with E-state index in [0.29, 0.717) is 16.9 Å². The number of aryl methyl sites for hydroxylation is 1. The molecule has 2 aromatic rings. The minimum atomic E-state index is -2.96. The van der Waals surface area contributed by atoms with E-state index in [4.69, 9.17) is 11.6 Å². The number of amides is 1. The Kier molecular flexibility index (Phi) is 4.19. The van der Waals surface area contributed by atoms with Crippen molar-refractivity contribution in [3.05, 3.63) is 40.7 Å². The lowest BCUT2D eigenvalue weighted by atomic mass is 10.2. The fourth-order valence-electron chi connectivity index (χ4n) is 1.55. The summed E-state index contributed by atoms with van der Waals surface area (Å²) < 4.78 is 28.4. The van der Waals surface area contributed by atoms with Crippen LogP contribution in [0.15, 0.2) is 24.4 Å². The summed E-state index contributed by atoms with van der Waals surface area (Å²) in [5, 5.41) is 8.93. The molecule has 0 saturated carbocycles. The highest BCUT2D eigenvalue weighted by molar-refractivity contribution is 6.32. The van der Waals surface area contributed by atoms with Gasteiger partial charge in [0.15, 0.2) is 0 Å². The van der Waals surface area contributed by atoms with Gasteiger partial charge in [-0.2, -0.15) is 13.9 Å². The number of nitrogens with zero attached hydrogens (tertiary/aromatic N) is 1. The van der Waals surface area contributed by atoms with Gasteiger partial charge >= 0.3 is 6.61 Å². The van der Waals surface area contributed by atoms with Crippen LogP contribution in [0.25, 0.3) is 0 Å². The molecule has 106 valence electrons. The van der Waals surface area contributed by atoms with Crippen molar-refractivity contribution in [3.8, 4) is 5.75 Å². The van der Waals surface area contributed by atoms with E-state index < -0.39 is 6.61 Å². The SMILES string of the molecule is Cc1[nH]ncc1C(=O)Nc1ccc(OC(F)F)c(Cl)c1. The number of anilines is 1. The summed E-state index contributed by atoms with van der Waals surface area (Å²) in [4.78, 5) is 11.9. The van der Waals surface area contributed by atoms with Crippen molar-refractivity contribution >= 4 is 23.2 Å². The second-order valence-electron chi connectivity index (χ2n) is 3.89. The molecular formula is C12H10ClF2N3O2. The monoisotopic (exact) mass is 301 g/mol. The topological polar surface area (TPSA) is 67.0 Å². The molecule has 2 rings (SSSR count). The number of aromatic amines is 1. The van der Waals surface area contributed by atoms with Gasteiger partial charge < -0.3 is 10.1 Å². The standard InChI is InChI=1S/C12H10ClF2N3O2/c1-6-8(5-16-18-6)11(19)17-7-2-3-10(9(13)4-7)20-12(14)15/h2-5,12H,1H3,(H,16,18)(H,17,19). The summed E-state index contributed by atoms with van der Waals surface area (Å²) >= 11 is 5.78. The molecule has 1 heterocycles. The van der Waals surface area contributed by atoms with Gasteiger partial charge in [-0.1, -0.05) is 11.6 Å². The summed E-state index contributed by atoms with van der Waals surface area (Å²) in [6.07, 6.45) is 1.39. The molecular weight excluding hydrogens is 292 g/mol. The lowest BCUT2D eigenvalue weighted by Gasteiger charge is -2.09. The second-order valence-corrected chi connectivity index (χ2v) is 4.29. The number of nitrogens with one attached hydrogen (secondary N) is 2. The lowest BCUT2D eigenvalue weighted by Crippen LogP contribution is -2.12. The molecule has 8 heteroatoms. The van der Waals surface area contributed by atoms with E-state index in [9.17, 15) is 13.6 Å². The summed E-state index contributed by atoms with van der Waals surface area (Å²) in [7, 11) is 0. The minimum absolute atomic E-state index is 0.0213. The Hall–Kier alpha value is -2.15. The van der Waals surface area contributed by atoms with Crippen molar-refractivity contribution in [3.63, 3.8) is 0 Å². The number of rotatable bonds is 4. The maximum Gasteiger partial charge on any atom is 0.387 e. The van der Waals surface area contributed by atoms with Crippen LogP contribution in [-0.2, 0) is 0 Å². The summed E-state index contributed by atoms with van der Waals surface area (Å²) in [6.45, 7) is -1.25. The second kappa shape index (κ2) is 5.87. The van der Waals surface area contributed by atoms with E-state index in [2.05, 4.69) is 20.3 Å². The zero-order valence-corrected chi connectivity index (χ0v) is 11.0. The summed E-state index contributed by atoms with van der Waals surface area (Å²) in [5.74, 6) is -0.533. The highest BCUT2D eigenvalue weighted by Crippen LogP contribution is 2.29. The molecule has 1 aromatic heterocycles. The van der Waals surface area contributed by atoms with Crippen LogP contribution < -0.4 is 10.1 Å². The van der Waals surface area contributed by atoms with E-state index >= 15 is 0 Å². The Labute approximate surface area is 117 Å². The van der Waals surface area contributed by atoms with Crippen LogP contribution in [0.2, 0.25) is 5.02 Å². The zero-order chi connectivity index (χ0) is 14.7. The molecule has 2 N–H and O–H groups in total. The van der Waals surface area contributed by atoms with Crippen LogP contribution in [-0.4, -0.2) is 22.7 Å². The van der Waals surface area contributed by atoms with Crippen molar-refractivity contribution < 1.29 is 18.3 Å². The van der Waals surface area contributed by atoms with Crippen molar-refractivity contribution in [2.24, 2.45) is 0 Å². The molecule has 20 heavy (non-hydrogen) atoms. The predicted octanol–water partition coefficient (Wildman–Crippen LogP) is 3.23. The van der Waals surface area contributed by atoms with E-state index in [0.717, 1.165) is 0 Å². The molecule has 1 amide bonds. The van der Waals surface area contributed by atoms with Gasteiger partial charge in [-0.25, -0.2) is 0 Å². The van der Waals surface area contributed by atoms with E-state index in [-0.39, 0.29) is 16.7 Å². The first-order valence-corrected chi connectivity index (χ1v) is 5.91. The molecule has 0 saturated heterocycles. The molecule has 0 unspecified atom stereocenters. The van der Waals surface area contributed by atoms with Gasteiger partial charge in [0.2, 0.25) is 0 Å². The third-order valence-electron chi connectivity index (χ3n) is 2.48. The van der Waals surface area contributed by atoms with Gasteiger partial charge in [-0.15, -0.1) is 0 Å². The largest absolute Gasteiger partial charge is 0.433 e. The third kappa shape index (κ3) is 3.24. The smallest absolute Gasteiger partial charge is 0.387 e. The lowest BCUT2D eigenvalue weighted by molar-refractivity contribution is -0.0497. The Morgan fingerprint density at radius 3 is 2.80 bits per heavy atom. The Balaban J connectivity index is 2.13. The third-order valence-corrected chi connectivity index (χ3v) is 2.78. The zero-order valence-electron chi connectivity index (χ0n) is 10.3. The van der Waals surface area contributed by atoms with Crippen molar-refractivity contribution in [1.82, 2.24) is 10.2 Å². The number of alkyl halides is 2. The fraction of sp³-hybridized carbons (Fsp3) is 0.167. The van der Waals surface area contributed by atoms with E-state index in [1.165, 1.54) is 24.4 Å². The highest BCUT2D eigenvalue weighted by Gasteiger charge is 2.13. The number of ether oxygens (including phenoxy) is 1. The van der Waals surface area contributed by atoms with Gasteiger partial charge in [0.1, 0.15) is 5.75 Å². The average Bonchev–Trinajstić information content (AvgIpc) is 2.78. The van der Waals surface area contributed by atoms with Gasteiger partial charge in [0.25, 0.3) is 5.91 Å². The Morgan fingerprint density at radius 1 is 1.50 bits per heavy atom. The number of benzene rings is 1. The molecule has 1 aromatic carbocycles. The van der Waals surface area contributed by atoms with E-state index in [1.54, 1.807) is 6.92 Å². The maximum atomic E-state index is 12.1. The molecule has 5 nitrogen and oxygen atoms in total. The first-order valence-electron chi connectivity index (χ1n) is 5.53. The average molecular weight is 302 g/mol. The first kappa shape index (κ1) is 14.3. The van der Waals surface area contributed by atoms with Crippen LogP contribution >= 0.6 is 11.6 Å². The number of halogens is 3. The Morgan fingerprint density at radius 2 is 2.25 bits per heavy atom. The first-order chi connectivity index (χ1) is 9.47. The van der Waals surface area contributed by atoms with Gasteiger partial charge in [0.05, 0.1) is 16.8 Å². The molecule has 0 aliphatic rings. The molecule has 0 aliphatic carbocycles. The van der Waals surface area contributed by atoms with Crippen molar-refractivity contribution in [1.29, 1.82) is 0 Å². The van der Waals surface area contributed by atoms with Gasteiger partial charge in [0, 0.05) is 11.4 Å². The molecule has 0 atom stereocenters. The van der Waals surface area contributed by atoms with Crippen molar-refractivity contribution in [2.45, 2.75) is 13.5 Å². The highest BCUT2D eigenvalue weighted by atomic mass is 35.5. The number of hydrogen-bond acceptors (Lipinski definition) is 3.